The highest BCUT2D eigenvalue weighted by Gasteiger charge is 2.13. The summed E-state index contributed by atoms with van der Waals surface area (Å²) in [6.45, 7) is 3.52. The minimum atomic E-state index is -0.219. The molecule has 1 aliphatic rings. The van der Waals surface area contributed by atoms with Crippen molar-refractivity contribution < 1.29 is 4.39 Å². The molecule has 0 bridgehead atoms. The number of aromatic nitrogens is 1. The molecule has 0 atom stereocenters. The van der Waals surface area contributed by atoms with Gasteiger partial charge in [-0.2, -0.15) is 0 Å². The van der Waals surface area contributed by atoms with Gasteiger partial charge in [0.15, 0.2) is 5.96 Å². The second-order valence-corrected chi connectivity index (χ2v) is 6.60. The average molecular weight is 355 g/mol. The van der Waals surface area contributed by atoms with Crippen molar-refractivity contribution in [3.63, 3.8) is 0 Å². The fourth-order valence-corrected chi connectivity index (χ4v) is 3.16. The Morgan fingerprint density at radius 1 is 1.15 bits per heavy atom. The van der Waals surface area contributed by atoms with Crippen LogP contribution in [-0.4, -0.2) is 43.0 Å². The van der Waals surface area contributed by atoms with E-state index in [4.69, 9.17) is 0 Å². The van der Waals surface area contributed by atoms with E-state index in [2.05, 4.69) is 32.3 Å². The fraction of sp³-hybridized carbons (Fsp3) is 0.400. The van der Waals surface area contributed by atoms with Gasteiger partial charge in [-0.25, -0.2) is 9.37 Å². The van der Waals surface area contributed by atoms with E-state index in [1.54, 1.807) is 19.2 Å². The first kappa shape index (κ1) is 18.2. The zero-order valence-corrected chi connectivity index (χ0v) is 15.5. The lowest BCUT2D eigenvalue weighted by molar-refractivity contribution is 0.476. The van der Waals surface area contributed by atoms with Crippen molar-refractivity contribution in [2.75, 3.05) is 32.1 Å². The summed E-state index contributed by atoms with van der Waals surface area (Å²) in [7, 11) is 3.73. The number of pyridine rings is 1. The van der Waals surface area contributed by atoms with Crippen LogP contribution in [0.1, 0.15) is 24.0 Å². The van der Waals surface area contributed by atoms with Crippen molar-refractivity contribution in [2.24, 2.45) is 4.99 Å². The smallest absolute Gasteiger partial charge is 0.193 e. The SMILES string of the molecule is CN=C(NCc1ccc(N2CCCC2)nc1)N(C)Cc1ccc(F)cc1. The lowest BCUT2D eigenvalue weighted by Crippen LogP contribution is -2.38. The standard InChI is InChI=1S/C20H26FN5/c1-22-20(25(2)15-16-5-8-18(21)9-6-16)24-14-17-7-10-19(23-13-17)26-11-3-4-12-26/h5-10,13H,3-4,11-12,14-15H2,1-2H3,(H,22,24). The molecule has 26 heavy (non-hydrogen) atoms. The van der Waals surface area contributed by atoms with E-state index in [1.165, 1.54) is 25.0 Å². The number of rotatable bonds is 5. The topological polar surface area (TPSA) is 43.8 Å². The van der Waals surface area contributed by atoms with Gasteiger partial charge in [-0.3, -0.25) is 4.99 Å². The third-order valence-corrected chi connectivity index (χ3v) is 4.60. The molecular weight excluding hydrogens is 329 g/mol. The van der Waals surface area contributed by atoms with Crippen LogP contribution in [0.4, 0.5) is 10.2 Å². The number of benzene rings is 1. The van der Waals surface area contributed by atoms with Crippen molar-refractivity contribution in [1.82, 2.24) is 15.2 Å². The number of halogens is 1. The van der Waals surface area contributed by atoms with Crippen molar-refractivity contribution in [1.29, 1.82) is 0 Å². The van der Waals surface area contributed by atoms with Gasteiger partial charge in [-0.05, 0) is 42.2 Å². The number of hydrogen-bond acceptors (Lipinski definition) is 3. The summed E-state index contributed by atoms with van der Waals surface area (Å²) in [5, 5.41) is 3.35. The summed E-state index contributed by atoms with van der Waals surface area (Å²) in [5.74, 6) is 1.63. The van der Waals surface area contributed by atoms with Crippen molar-refractivity contribution in [3.05, 3.63) is 59.5 Å². The van der Waals surface area contributed by atoms with Crippen molar-refractivity contribution in [3.8, 4) is 0 Å². The first-order valence-electron chi connectivity index (χ1n) is 9.02. The van der Waals surface area contributed by atoms with Crippen LogP contribution in [0.2, 0.25) is 0 Å². The molecule has 1 N–H and O–H groups in total. The molecule has 6 heteroatoms. The molecule has 2 heterocycles. The second-order valence-electron chi connectivity index (χ2n) is 6.60. The highest BCUT2D eigenvalue weighted by Crippen LogP contribution is 2.17. The summed E-state index contributed by atoms with van der Waals surface area (Å²) < 4.78 is 13.0. The summed E-state index contributed by atoms with van der Waals surface area (Å²) in [5.41, 5.74) is 2.15. The molecule has 0 radical (unpaired) electrons. The molecule has 0 spiro atoms. The van der Waals surface area contributed by atoms with Gasteiger partial charge >= 0.3 is 0 Å². The van der Waals surface area contributed by atoms with Crippen LogP contribution in [0.15, 0.2) is 47.6 Å². The van der Waals surface area contributed by atoms with Crippen LogP contribution in [0.25, 0.3) is 0 Å². The summed E-state index contributed by atoms with van der Waals surface area (Å²) >= 11 is 0. The Labute approximate surface area is 154 Å². The molecule has 138 valence electrons. The maximum Gasteiger partial charge on any atom is 0.193 e. The lowest BCUT2D eigenvalue weighted by Gasteiger charge is -2.22. The van der Waals surface area contributed by atoms with Crippen LogP contribution < -0.4 is 10.2 Å². The van der Waals surface area contributed by atoms with Gasteiger partial charge < -0.3 is 15.1 Å². The highest BCUT2D eigenvalue weighted by molar-refractivity contribution is 5.79. The molecule has 0 aliphatic carbocycles. The van der Waals surface area contributed by atoms with Crippen molar-refractivity contribution >= 4 is 11.8 Å². The van der Waals surface area contributed by atoms with Gasteiger partial charge in [0.1, 0.15) is 11.6 Å². The Balaban J connectivity index is 1.53. The van der Waals surface area contributed by atoms with Gasteiger partial charge in [0.25, 0.3) is 0 Å². The molecule has 1 saturated heterocycles. The summed E-state index contributed by atoms with van der Waals surface area (Å²) in [6, 6.07) is 10.7. The molecule has 1 aromatic carbocycles. The largest absolute Gasteiger partial charge is 0.357 e. The Morgan fingerprint density at radius 2 is 1.85 bits per heavy atom. The zero-order valence-electron chi connectivity index (χ0n) is 15.5. The predicted octanol–water partition coefficient (Wildman–Crippen LogP) is 3.03. The minimum Gasteiger partial charge on any atom is -0.357 e. The Bertz CT molecular complexity index is 721. The van der Waals surface area contributed by atoms with E-state index < -0.39 is 0 Å². The molecule has 2 aromatic rings. The monoisotopic (exact) mass is 355 g/mol. The highest BCUT2D eigenvalue weighted by atomic mass is 19.1. The molecule has 0 unspecified atom stereocenters. The van der Waals surface area contributed by atoms with E-state index >= 15 is 0 Å². The molecule has 1 fully saturated rings. The number of nitrogens with zero attached hydrogens (tertiary/aromatic N) is 4. The number of anilines is 1. The van der Waals surface area contributed by atoms with E-state index in [0.717, 1.165) is 36.0 Å². The van der Waals surface area contributed by atoms with E-state index in [9.17, 15) is 4.39 Å². The van der Waals surface area contributed by atoms with Gasteiger partial charge in [-0.1, -0.05) is 18.2 Å². The van der Waals surface area contributed by atoms with E-state index in [-0.39, 0.29) is 5.82 Å². The minimum absolute atomic E-state index is 0.219. The summed E-state index contributed by atoms with van der Waals surface area (Å²) in [6.07, 6.45) is 4.43. The second kappa shape index (κ2) is 8.65. The van der Waals surface area contributed by atoms with E-state index in [1.807, 2.05) is 18.1 Å². The molecule has 0 amide bonds. The zero-order chi connectivity index (χ0) is 18.4. The first-order valence-corrected chi connectivity index (χ1v) is 9.02. The molecule has 5 nitrogen and oxygen atoms in total. The lowest BCUT2D eigenvalue weighted by atomic mass is 10.2. The van der Waals surface area contributed by atoms with Crippen LogP contribution in [0, 0.1) is 5.82 Å². The number of hydrogen-bond donors (Lipinski definition) is 1. The number of aliphatic imine (C=N–C) groups is 1. The van der Waals surface area contributed by atoms with Crippen molar-refractivity contribution in [2.45, 2.75) is 25.9 Å². The average Bonchev–Trinajstić information content (AvgIpc) is 3.19. The van der Waals surface area contributed by atoms with Crippen LogP contribution in [0.3, 0.4) is 0 Å². The maximum atomic E-state index is 13.0. The summed E-state index contributed by atoms with van der Waals surface area (Å²) in [4.78, 5) is 13.2. The fourth-order valence-electron chi connectivity index (χ4n) is 3.16. The van der Waals surface area contributed by atoms with Gasteiger partial charge in [0.2, 0.25) is 0 Å². The molecule has 0 saturated carbocycles. The number of nitrogens with one attached hydrogen (secondary N) is 1. The van der Waals surface area contributed by atoms with Gasteiger partial charge in [-0.15, -0.1) is 0 Å². The predicted molar refractivity (Wildman–Crippen MR) is 104 cm³/mol. The van der Waals surface area contributed by atoms with Gasteiger partial charge in [0, 0.05) is 46.5 Å². The van der Waals surface area contributed by atoms with Crippen LogP contribution >= 0.6 is 0 Å². The van der Waals surface area contributed by atoms with Gasteiger partial charge in [0.05, 0.1) is 0 Å². The molecular formula is C20H26FN5. The normalized spacial score (nSPS) is 14.6. The van der Waals surface area contributed by atoms with Crippen LogP contribution in [0.5, 0.6) is 0 Å². The first-order chi connectivity index (χ1) is 12.7. The molecule has 3 rings (SSSR count). The van der Waals surface area contributed by atoms with E-state index in [0.29, 0.717) is 13.1 Å². The Hall–Kier alpha value is -2.63. The quantitative estimate of drug-likeness (QED) is 0.661. The molecule has 1 aromatic heterocycles. The van der Waals surface area contributed by atoms with Crippen LogP contribution in [-0.2, 0) is 13.1 Å². The molecule has 1 aliphatic heterocycles. The third-order valence-electron chi connectivity index (χ3n) is 4.60. The maximum absolute atomic E-state index is 13.0. The Morgan fingerprint density at radius 3 is 2.46 bits per heavy atom. The third kappa shape index (κ3) is 4.71. The Kier molecular flexibility index (Phi) is 6.04. The number of guanidine groups is 1.